The van der Waals surface area contributed by atoms with Crippen LogP contribution in [-0.2, 0) is 9.59 Å². The van der Waals surface area contributed by atoms with Gasteiger partial charge in [0.15, 0.2) is 0 Å². The highest BCUT2D eigenvalue weighted by molar-refractivity contribution is 5.65. The van der Waals surface area contributed by atoms with Crippen LogP contribution in [-0.4, -0.2) is 44.1 Å². The number of carbonyl (C=O) groups is 2. The van der Waals surface area contributed by atoms with Crippen LogP contribution in [0.3, 0.4) is 0 Å². The third-order valence-corrected chi connectivity index (χ3v) is 3.09. The van der Waals surface area contributed by atoms with Crippen LogP contribution in [0, 0.1) is 0 Å². The molecular weight excluding hydrogens is 282 g/mol. The predicted octanol–water partition coefficient (Wildman–Crippen LogP) is 1.10. The molecule has 0 aromatic heterocycles. The normalized spacial score (nSPS) is 10.7. The van der Waals surface area contributed by atoms with E-state index in [-0.39, 0.29) is 13.0 Å². The van der Waals surface area contributed by atoms with Crippen LogP contribution in [0.1, 0.15) is 71.1 Å². The van der Waals surface area contributed by atoms with Gasteiger partial charge < -0.3 is 24.3 Å². The van der Waals surface area contributed by atoms with Crippen molar-refractivity contribution in [3.05, 3.63) is 0 Å². The Bertz CT molecular complexity index is 285. The van der Waals surface area contributed by atoms with Gasteiger partial charge in [0.25, 0.3) is 0 Å². The Balaban J connectivity index is 0. The van der Waals surface area contributed by atoms with E-state index in [0.717, 1.165) is 12.8 Å². The Kier molecular flexibility index (Phi) is 15.6. The van der Waals surface area contributed by atoms with E-state index >= 15 is 0 Å². The highest BCUT2D eigenvalue weighted by Crippen LogP contribution is 2.10. The smallest absolute Gasteiger partial charge is 0.118 e. The molecule has 0 saturated carbocycles. The highest BCUT2D eigenvalue weighted by Gasteiger charge is 2.04. The van der Waals surface area contributed by atoms with Crippen molar-refractivity contribution in [2.24, 2.45) is 0 Å². The molecule has 132 valence electrons. The van der Waals surface area contributed by atoms with Crippen molar-refractivity contribution in [1.82, 2.24) is 0 Å². The zero-order chi connectivity index (χ0) is 17.4. The molecular formula is C17H34NO4-. The van der Waals surface area contributed by atoms with Gasteiger partial charge in [0.05, 0.1) is 27.1 Å². The number of aliphatic carboxylic acids is 2. The maximum atomic E-state index is 10.1. The molecule has 0 fully saturated rings. The summed E-state index contributed by atoms with van der Waals surface area (Å²) in [6.07, 6.45) is 11.2. The molecule has 5 heteroatoms. The lowest BCUT2D eigenvalue weighted by atomic mass is 10.1. The molecule has 0 atom stereocenters. The van der Waals surface area contributed by atoms with E-state index in [9.17, 15) is 19.8 Å². The van der Waals surface area contributed by atoms with E-state index in [2.05, 4.69) is 6.92 Å². The summed E-state index contributed by atoms with van der Waals surface area (Å²) in [5.41, 5.74) is 0. The minimum absolute atomic E-state index is 0.0694. The Hall–Kier alpha value is -1.10. The first-order chi connectivity index (χ1) is 10.2. The van der Waals surface area contributed by atoms with Crippen LogP contribution in [0.5, 0.6) is 0 Å². The van der Waals surface area contributed by atoms with Crippen molar-refractivity contribution >= 4 is 11.9 Å². The molecule has 0 aliphatic carbocycles. The summed E-state index contributed by atoms with van der Waals surface area (Å²) >= 11 is 0. The molecule has 0 saturated heterocycles. The molecule has 0 radical (unpaired) electrons. The third kappa shape index (κ3) is 27.3. The molecule has 0 bridgehead atoms. The fraction of sp³-hybridized carbons (Fsp3) is 0.882. The molecule has 0 rings (SSSR count). The number of hydrogen-bond donors (Lipinski definition) is 0. The fourth-order valence-corrected chi connectivity index (χ4v) is 1.97. The lowest BCUT2D eigenvalue weighted by molar-refractivity contribution is -0.864. The van der Waals surface area contributed by atoms with Gasteiger partial charge in [-0.1, -0.05) is 58.3 Å². The van der Waals surface area contributed by atoms with Crippen LogP contribution in [0.4, 0.5) is 0 Å². The summed E-state index contributed by atoms with van der Waals surface area (Å²) in [5.74, 6) is -1.91. The van der Waals surface area contributed by atoms with Crippen LogP contribution >= 0.6 is 0 Å². The topological polar surface area (TPSA) is 80.3 Å². The molecule has 0 heterocycles. The van der Waals surface area contributed by atoms with Crippen molar-refractivity contribution < 1.29 is 24.3 Å². The first-order valence-electron chi connectivity index (χ1n) is 8.39. The van der Waals surface area contributed by atoms with E-state index in [1.807, 2.05) is 0 Å². The third-order valence-electron chi connectivity index (χ3n) is 3.09. The van der Waals surface area contributed by atoms with Crippen LogP contribution in [0.15, 0.2) is 0 Å². The summed E-state index contributed by atoms with van der Waals surface area (Å²) in [4.78, 5) is 20.0. The van der Waals surface area contributed by atoms with Gasteiger partial charge in [-0.2, -0.15) is 0 Å². The fourth-order valence-electron chi connectivity index (χ4n) is 1.97. The summed E-state index contributed by atoms with van der Waals surface area (Å²) in [6, 6.07) is 0. The second-order valence-electron chi connectivity index (χ2n) is 6.77. The maximum absolute atomic E-state index is 10.1. The van der Waals surface area contributed by atoms with E-state index in [1.54, 1.807) is 21.1 Å². The molecule has 0 N–H and O–H groups in total. The second kappa shape index (κ2) is 14.8. The van der Waals surface area contributed by atoms with Crippen LogP contribution < -0.4 is 10.2 Å². The number of carboxylic acids is 2. The Morgan fingerprint density at radius 2 is 1.14 bits per heavy atom. The average molecular weight is 316 g/mol. The Morgan fingerprint density at radius 1 is 0.727 bits per heavy atom. The predicted molar refractivity (Wildman–Crippen MR) is 84.8 cm³/mol. The number of carboxylic acid groups (broad SMARTS) is 2. The molecule has 0 unspecified atom stereocenters. The van der Waals surface area contributed by atoms with E-state index in [1.165, 1.54) is 44.9 Å². The second-order valence-corrected chi connectivity index (χ2v) is 6.77. The van der Waals surface area contributed by atoms with Crippen molar-refractivity contribution in [3.8, 4) is 0 Å². The number of rotatable bonds is 12. The summed E-state index contributed by atoms with van der Waals surface area (Å²) in [5, 5.41) is 20.0. The Morgan fingerprint density at radius 3 is 1.41 bits per heavy atom. The number of quaternary nitrogens is 1. The van der Waals surface area contributed by atoms with Gasteiger partial charge in [0, 0.05) is 5.97 Å². The quantitative estimate of drug-likeness (QED) is 0.399. The molecule has 0 amide bonds. The van der Waals surface area contributed by atoms with Gasteiger partial charge in [-0.3, -0.25) is 0 Å². The number of unbranched alkanes of at least 4 members (excludes halogenated alkanes) is 8. The molecule has 0 aromatic carbocycles. The monoisotopic (exact) mass is 316 g/mol. The largest absolute Gasteiger partial charge is 0.550 e. The zero-order valence-electron chi connectivity index (χ0n) is 14.9. The number of nitrogens with zero attached hydrogens (tertiary/aromatic N) is 1. The molecule has 0 aromatic rings. The maximum Gasteiger partial charge on any atom is 0.118 e. The van der Waals surface area contributed by atoms with Gasteiger partial charge >= 0.3 is 0 Å². The number of carbonyl (C=O) groups excluding carboxylic acids is 2. The number of hydrogen-bond acceptors (Lipinski definition) is 4. The molecule has 0 aliphatic rings. The molecule has 22 heavy (non-hydrogen) atoms. The zero-order valence-corrected chi connectivity index (χ0v) is 14.9. The minimum atomic E-state index is -1.00. The SMILES string of the molecule is CCCCCCCCCCCC(=O)[O-].C[N+](C)(C)CC(=O)[O-]. The lowest BCUT2D eigenvalue weighted by Crippen LogP contribution is -2.45. The summed E-state index contributed by atoms with van der Waals surface area (Å²) < 4.78 is 0.419. The number of likely N-dealkylation sites (N-methyl/N-ethyl adjacent to an activating group) is 1. The Labute approximate surface area is 135 Å². The summed E-state index contributed by atoms with van der Waals surface area (Å²) in [6.45, 7) is 2.29. The van der Waals surface area contributed by atoms with E-state index < -0.39 is 11.9 Å². The van der Waals surface area contributed by atoms with Gasteiger partial charge in [-0.15, -0.1) is 0 Å². The standard InChI is InChI=1S/C12H24O2.C5H11NO2/c1-2-3-4-5-6-7-8-9-10-11-12(13)14;1-6(2,3)4-5(7)8/h2-11H2,1H3,(H,13,14);4H2,1-3H3/p-1. The first-order valence-corrected chi connectivity index (χ1v) is 8.39. The van der Waals surface area contributed by atoms with E-state index in [0.29, 0.717) is 4.48 Å². The van der Waals surface area contributed by atoms with Crippen LogP contribution in [0.25, 0.3) is 0 Å². The van der Waals surface area contributed by atoms with Gasteiger partial charge in [-0.25, -0.2) is 0 Å². The van der Waals surface area contributed by atoms with Crippen molar-refractivity contribution in [2.45, 2.75) is 71.1 Å². The molecule has 0 spiro atoms. The van der Waals surface area contributed by atoms with Crippen molar-refractivity contribution in [3.63, 3.8) is 0 Å². The average Bonchev–Trinajstić information content (AvgIpc) is 2.34. The molecule has 0 aliphatic heterocycles. The lowest BCUT2D eigenvalue weighted by Gasteiger charge is -2.23. The van der Waals surface area contributed by atoms with Gasteiger partial charge in [0.2, 0.25) is 0 Å². The minimum Gasteiger partial charge on any atom is -0.550 e. The highest BCUT2D eigenvalue weighted by atomic mass is 16.4. The van der Waals surface area contributed by atoms with Crippen molar-refractivity contribution in [2.75, 3.05) is 27.7 Å². The van der Waals surface area contributed by atoms with Gasteiger partial charge in [0.1, 0.15) is 6.54 Å². The molecule has 5 nitrogen and oxygen atoms in total. The van der Waals surface area contributed by atoms with Crippen molar-refractivity contribution in [1.29, 1.82) is 0 Å². The van der Waals surface area contributed by atoms with Crippen LogP contribution in [0.2, 0.25) is 0 Å². The van der Waals surface area contributed by atoms with Gasteiger partial charge in [-0.05, 0) is 12.8 Å². The van der Waals surface area contributed by atoms with E-state index in [4.69, 9.17) is 0 Å². The summed E-state index contributed by atoms with van der Waals surface area (Å²) in [7, 11) is 5.40. The first kappa shape index (κ1) is 23.2.